The Balaban J connectivity index is 1.76. The van der Waals surface area contributed by atoms with Crippen LogP contribution in [-0.4, -0.2) is 48.9 Å². The number of carbonyl (C=O) groups is 3. The molecule has 0 spiro atoms. The average molecular weight is 318 g/mol. The molecule has 0 unspecified atom stereocenters. The topological polar surface area (TPSA) is 75.7 Å². The molecule has 23 heavy (non-hydrogen) atoms. The van der Waals surface area contributed by atoms with E-state index in [-0.39, 0.29) is 43.2 Å². The van der Waals surface area contributed by atoms with Gasteiger partial charge in [-0.25, -0.2) is 0 Å². The average Bonchev–Trinajstić information content (AvgIpc) is 2.89. The quantitative estimate of drug-likeness (QED) is 0.763. The van der Waals surface area contributed by atoms with Gasteiger partial charge < -0.3 is 15.0 Å². The molecular formula is C17H22N2O4. The van der Waals surface area contributed by atoms with Crippen molar-refractivity contribution in [3.05, 3.63) is 35.9 Å². The number of esters is 1. The molecule has 124 valence electrons. The van der Waals surface area contributed by atoms with Crippen LogP contribution in [-0.2, 0) is 19.1 Å². The normalized spacial score (nSPS) is 17.2. The van der Waals surface area contributed by atoms with Crippen LogP contribution in [0.15, 0.2) is 30.3 Å². The van der Waals surface area contributed by atoms with E-state index in [0.29, 0.717) is 19.6 Å². The second-order valence-electron chi connectivity index (χ2n) is 5.49. The fourth-order valence-corrected chi connectivity index (χ4v) is 2.64. The minimum Gasteiger partial charge on any atom is -0.466 e. The van der Waals surface area contributed by atoms with Gasteiger partial charge in [-0.2, -0.15) is 0 Å². The van der Waals surface area contributed by atoms with Crippen molar-refractivity contribution in [1.82, 2.24) is 10.2 Å². The Morgan fingerprint density at radius 2 is 2.04 bits per heavy atom. The maximum absolute atomic E-state index is 12.0. The second kappa shape index (κ2) is 8.31. The Bertz CT molecular complexity index is 559. The second-order valence-corrected chi connectivity index (χ2v) is 5.49. The van der Waals surface area contributed by atoms with Gasteiger partial charge in [0.25, 0.3) is 0 Å². The van der Waals surface area contributed by atoms with E-state index in [2.05, 4.69) is 5.32 Å². The first-order valence-corrected chi connectivity index (χ1v) is 7.85. The summed E-state index contributed by atoms with van der Waals surface area (Å²) in [5.41, 5.74) is 1.12. The molecule has 1 aliphatic heterocycles. The summed E-state index contributed by atoms with van der Waals surface area (Å²) >= 11 is 0. The molecule has 1 aliphatic rings. The fourth-order valence-electron chi connectivity index (χ4n) is 2.64. The van der Waals surface area contributed by atoms with E-state index in [1.807, 2.05) is 30.3 Å². The van der Waals surface area contributed by atoms with Crippen LogP contribution < -0.4 is 5.32 Å². The van der Waals surface area contributed by atoms with Gasteiger partial charge in [0.15, 0.2) is 0 Å². The van der Waals surface area contributed by atoms with Gasteiger partial charge in [-0.05, 0) is 12.5 Å². The number of hydrogen-bond acceptors (Lipinski definition) is 4. The van der Waals surface area contributed by atoms with E-state index in [9.17, 15) is 14.4 Å². The summed E-state index contributed by atoms with van der Waals surface area (Å²) in [5.74, 6) is -0.471. The summed E-state index contributed by atoms with van der Waals surface area (Å²) < 4.78 is 4.78. The van der Waals surface area contributed by atoms with E-state index < -0.39 is 0 Å². The van der Waals surface area contributed by atoms with E-state index in [1.54, 1.807) is 11.8 Å². The first kappa shape index (κ1) is 17.0. The minimum absolute atomic E-state index is 0.0144. The zero-order chi connectivity index (χ0) is 16.7. The monoisotopic (exact) mass is 318 g/mol. The molecule has 2 amide bonds. The van der Waals surface area contributed by atoms with Gasteiger partial charge in [0, 0.05) is 25.4 Å². The summed E-state index contributed by atoms with van der Waals surface area (Å²) in [7, 11) is 0. The highest BCUT2D eigenvalue weighted by Gasteiger charge is 2.31. The van der Waals surface area contributed by atoms with Crippen LogP contribution in [0, 0.1) is 0 Å². The number of benzene rings is 1. The summed E-state index contributed by atoms with van der Waals surface area (Å²) in [6.07, 6.45) is 0.570. The van der Waals surface area contributed by atoms with Crippen molar-refractivity contribution in [2.24, 2.45) is 0 Å². The fraction of sp³-hybridized carbons (Fsp3) is 0.471. The Morgan fingerprint density at radius 1 is 1.30 bits per heavy atom. The summed E-state index contributed by atoms with van der Waals surface area (Å²) in [4.78, 5) is 36.7. The van der Waals surface area contributed by atoms with Crippen LogP contribution in [0.3, 0.4) is 0 Å². The summed E-state index contributed by atoms with van der Waals surface area (Å²) in [6, 6.07) is 9.84. The largest absolute Gasteiger partial charge is 0.466 e. The van der Waals surface area contributed by atoms with Gasteiger partial charge in [-0.3, -0.25) is 14.4 Å². The Morgan fingerprint density at radius 3 is 2.74 bits per heavy atom. The molecule has 1 aromatic carbocycles. The number of rotatable bonds is 7. The van der Waals surface area contributed by atoms with E-state index >= 15 is 0 Å². The van der Waals surface area contributed by atoms with Crippen molar-refractivity contribution in [3.63, 3.8) is 0 Å². The zero-order valence-corrected chi connectivity index (χ0v) is 13.3. The number of ether oxygens (including phenoxy) is 1. The van der Waals surface area contributed by atoms with Crippen LogP contribution in [0.25, 0.3) is 0 Å². The van der Waals surface area contributed by atoms with Crippen molar-refractivity contribution in [2.45, 2.75) is 25.7 Å². The molecule has 0 aliphatic carbocycles. The Hall–Kier alpha value is -2.37. The number of amides is 2. The van der Waals surface area contributed by atoms with Crippen LogP contribution in [0.4, 0.5) is 0 Å². The molecule has 1 N–H and O–H groups in total. The summed E-state index contributed by atoms with van der Waals surface area (Å²) in [6.45, 7) is 2.87. The SMILES string of the molecule is CCOC(=O)CCNC(=O)CN1C[C@@H](c2ccccc2)CC1=O. The predicted octanol–water partition coefficient (Wildman–Crippen LogP) is 1.07. The van der Waals surface area contributed by atoms with Crippen LogP contribution >= 0.6 is 0 Å². The first-order valence-electron chi connectivity index (χ1n) is 7.85. The van der Waals surface area contributed by atoms with Gasteiger partial charge in [0.1, 0.15) is 0 Å². The highest BCUT2D eigenvalue weighted by Crippen LogP contribution is 2.27. The maximum atomic E-state index is 12.0. The number of nitrogens with zero attached hydrogens (tertiary/aromatic N) is 1. The minimum atomic E-state index is -0.339. The first-order chi connectivity index (χ1) is 11.1. The standard InChI is InChI=1S/C17H22N2O4/c1-2-23-17(22)8-9-18-15(20)12-19-11-14(10-16(19)21)13-6-4-3-5-7-13/h3-7,14H,2,8-12H2,1H3,(H,18,20)/t14-/m0/s1. The molecular weight excluding hydrogens is 296 g/mol. The van der Waals surface area contributed by atoms with Gasteiger partial charge in [0.05, 0.1) is 19.6 Å². The van der Waals surface area contributed by atoms with Crippen molar-refractivity contribution < 1.29 is 19.1 Å². The van der Waals surface area contributed by atoms with E-state index in [0.717, 1.165) is 5.56 Å². The molecule has 0 radical (unpaired) electrons. The maximum Gasteiger partial charge on any atom is 0.307 e. The molecule has 6 nitrogen and oxygen atoms in total. The number of likely N-dealkylation sites (tertiary alicyclic amines) is 1. The lowest BCUT2D eigenvalue weighted by molar-refractivity contribution is -0.143. The lowest BCUT2D eigenvalue weighted by atomic mass is 9.99. The highest BCUT2D eigenvalue weighted by molar-refractivity contribution is 5.86. The van der Waals surface area contributed by atoms with Crippen LogP contribution in [0.5, 0.6) is 0 Å². The van der Waals surface area contributed by atoms with Crippen LogP contribution in [0.1, 0.15) is 31.2 Å². The van der Waals surface area contributed by atoms with Crippen LogP contribution in [0.2, 0.25) is 0 Å². The van der Waals surface area contributed by atoms with Gasteiger partial charge >= 0.3 is 5.97 Å². The molecule has 0 saturated carbocycles. The molecule has 1 atom stereocenters. The highest BCUT2D eigenvalue weighted by atomic mass is 16.5. The molecule has 0 aromatic heterocycles. The summed E-state index contributed by atoms with van der Waals surface area (Å²) in [5, 5.41) is 2.64. The molecule has 1 fully saturated rings. The van der Waals surface area contributed by atoms with Crippen molar-refractivity contribution in [3.8, 4) is 0 Å². The number of nitrogens with one attached hydrogen (secondary N) is 1. The Kier molecular flexibility index (Phi) is 6.14. The predicted molar refractivity (Wildman–Crippen MR) is 84.6 cm³/mol. The van der Waals surface area contributed by atoms with Crippen molar-refractivity contribution >= 4 is 17.8 Å². The molecule has 2 rings (SSSR count). The molecule has 6 heteroatoms. The lowest BCUT2D eigenvalue weighted by Gasteiger charge is -2.16. The smallest absolute Gasteiger partial charge is 0.307 e. The van der Waals surface area contributed by atoms with Crippen molar-refractivity contribution in [2.75, 3.05) is 26.2 Å². The van der Waals surface area contributed by atoms with Gasteiger partial charge in [0.2, 0.25) is 11.8 Å². The molecule has 1 aromatic rings. The van der Waals surface area contributed by atoms with E-state index in [1.165, 1.54) is 0 Å². The number of hydrogen-bond donors (Lipinski definition) is 1. The van der Waals surface area contributed by atoms with E-state index in [4.69, 9.17) is 4.74 Å². The third-order valence-electron chi connectivity index (χ3n) is 3.78. The molecule has 1 heterocycles. The third-order valence-corrected chi connectivity index (χ3v) is 3.78. The third kappa shape index (κ3) is 5.09. The lowest BCUT2D eigenvalue weighted by Crippen LogP contribution is -2.38. The molecule has 1 saturated heterocycles. The van der Waals surface area contributed by atoms with Gasteiger partial charge in [-0.15, -0.1) is 0 Å². The number of carbonyl (C=O) groups excluding carboxylic acids is 3. The zero-order valence-electron chi connectivity index (χ0n) is 13.3. The Labute approximate surface area is 135 Å². The molecule has 0 bridgehead atoms. The van der Waals surface area contributed by atoms with Gasteiger partial charge in [-0.1, -0.05) is 30.3 Å². The van der Waals surface area contributed by atoms with Crippen molar-refractivity contribution in [1.29, 1.82) is 0 Å².